The maximum atomic E-state index is 10.8. The summed E-state index contributed by atoms with van der Waals surface area (Å²) in [4.78, 5) is 10.8. The molecule has 5 heteroatoms. The van der Waals surface area contributed by atoms with E-state index in [1.54, 1.807) is 12.2 Å². The molecule has 20 heavy (non-hydrogen) atoms. The summed E-state index contributed by atoms with van der Waals surface area (Å²) in [5.41, 5.74) is 1.04. The molecular formula is C15H22N2O3. The highest BCUT2D eigenvalue weighted by Gasteiger charge is 2.23. The van der Waals surface area contributed by atoms with E-state index < -0.39 is 0 Å². The van der Waals surface area contributed by atoms with Gasteiger partial charge in [0.1, 0.15) is 11.5 Å². The molecule has 110 valence electrons. The molecule has 0 aromatic carbocycles. The number of amides is 1. The van der Waals surface area contributed by atoms with Crippen molar-refractivity contribution in [2.45, 2.75) is 32.2 Å². The van der Waals surface area contributed by atoms with Crippen LogP contribution in [-0.2, 0) is 9.53 Å². The lowest BCUT2D eigenvalue weighted by Gasteiger charge is -2.27. The third-order valence-corrected chi connectivity index (χ3v) is 3.39. The van der Waals surface area contributed by atoms with Crippen LogP contribution >= 0.6 is 0 Å². The number of hydrogen-bond donors (Lipinski definition) is 3. The van der Waals surface area contributed by atoms with Gasteiger partial charge in [-0.3, -0.25) is 4.79 Å². The minimum atomic E-state index is 0.00348. The van der Waals surface area contributed by atoms with E-state index in [-0.39, 0.29) is 17.7 Å². The number of rotatable bonds is 5. The molecule has 3 N–H and O–H groups in total. The van der Waals surface area contributed by atoms with Gasteiger partial charge >= 0.3 is 0 Å². The Morgan fingerprint density at radius 2 is 2.35 bits per heavy atom. The highest BCUT2D eigenvalue weighted by atomic mass is 16.5. The topological polar surface area (TPSA) is 70.6 Å². The lowest BCUT2D eigenvalue weighted by atomic mass is 9.99. The number of nitrogens with one attached hydrogen (secondary N) is 2. The van der Waals surface area contributed by atoms with Crippen molar-refractivity contribution in [2.75, 3.05) is 19.7 Å². The van der Waals surface area contributed by atoms with E-state index in [0.717, 1.165) is 37.1 Å². The van der Waals surface area contributed by atoms with Gasteiger partial charge in [0.15, 0.2) is 0 Å². The molecule has 2 rings (SSSR count). The summed E-state index contributed by atoms with van der Waals surface area (Å²) in [5, 5.41) is 16.0. The van der Waals surface area contributed by atoms with Crippen LogP contribution in [0.15, 0.2) is 35.3 Å². The molecule has 0 aromatic heterocycles. The SMILES string of the molecule is CC(=O)NCCCNC1CCOC2=C1C=C(O)C=CC2. The molecule has 0 aromatic rings. The number of aliphatic hydroxyl groups excluding tert-OH is 1. The van der Waals surface area contributed by atoms with E-state index in [2.05, 4.69) is 10.6 Å². The van der Waals surface area contributed by atoms with Crippen LogP contribution in [-0.4, -0.2) is 36.8 Å². The first-order chi connectivity index (χ1) is 9.66. The molecule has 1 heterocycles. The number of carbonyl (C=O) groups excluding carboxylic acids is 1. The minimum Gasteiger partial charge on any atom is -0.508 e. The second kappa shape index (κ2) is 7.14. The summed E-state index contributed by atoms with van der Waals surface area (Å²) in [7, 11) is 0. The predicted molar refractivity (Wildman–Crippen MR) is 77.2 cm³/mol. The summed E-state index contributed by atoms with van der Waals surface area (Å²) in [5.74, 6) is 1.21. The fourth-order valence-corrected chi connectivity index (χ4v) is 2.43. The molecule has 2 aliphatic rings. The van der Waals surface area contributed by atoms with Gasteiger partial charge in [0.2, 0.25) is 5.91 Å². The molecule has 1 aliphatic carbocycles. The molecule has 0 radical (unpaired) electrons. The average Bonchev–Trinajstić information content (AvgIpc) is 2.59. The van der Waals surface area contributed by atoms with Crippen molar-refractivity contribution >= 4 is 5.91 Å². The Labute approximate surface area is 119 Å². The second-order valence-electron chi connectivity index (χ2n) is 5.03. The minimum absolute atomic E-state index is 0.00348. The highest BCUT2D eigenvalue weighted by Crippen LogP contribution is 2.26. The van der Waals surface area contributed by atoms with E-state index in [0.29, 0.717) is 13.2 Å². The van der Waals surface area contributed by atoms with Crippen LogP contribution in [0.4, 0.5) is 0 Å². The molecule has 5 nitrogen and oxygen atoms in total. The summed E-state index contributed by atoms with van der Waals surface area (Å²) in [6.07, 6.45) is 7.89. The Morgan fingerprint density at radius 3 is 3.15 bits per heavy atom. The fourth-order valence-electron chi connectivity index (χ4n) is 2.43. The fraction of sp³-hybridized carbons (Fsp3) is 0.533. The quantitative estimate of drug-likeness (QED) is 0.667. The number of aliphatic hydroxyl groups is 1. The largest absolute Gasteiger partial charge is 0.508 e. The smallest absolute Gasteiger partial charge is 0.216 e. The van der Waals surface area contributed by atoms with Crippen LogP contribution in [0, 0.1) is 0 Å². The second-order valence-corrected chi connectivity index (χ2v) is 5.03. The molecule has 0 saturated heterocycles. The average molecular weight is 278 g/mol. The maximum absolute atomic E-state index is 10.8. The lowest BCUT2D eigenvalue weighted by molar-refractivity contribution is -0.118. The van der Waals surface area contributed by atoms with Gasteiger partial charge in [0.05, 0.1) is 6.61 Å². The number of hydrogen-bond acceptors (Lipinski definition) is 4. The van der Waals surface area contributed by atoms with Crippen LogP contribution in [0.5, 0.6) is 0 Å². The molecule has 0 spiro atoms. The molecule has 0 saturated carbocycles. The van der Waals surface area contributed by atoms with Crippen molar-refractivity contribution in [3.63, 3.8) is 0 Å². The Balaban J connectivity index is 1.88. The van der Waals surface area contributed by atoms with E-state index in [1.165, 1.54) is 6.92 Å². The van der Waals surface area contributed by atoms with E-state index in [4.69, 9.17) is 4.74 Å². The highest BCUT2D eigenvalue weighted by molar-refractivity contribution is 5.72. The Morgan fingerprint density at radius 1 is 1.50 bits per heavy atom. The molecule has 0 bridgehead atoms. The van der Waals surface area contributed by atoms with Crippen molar-refractivity contribution in [1.29, 1.82) is 0 Å². The number of ether oxygens (including phenoxy) is 1. The van der Waals surface area contributed by atoms with Crippen molar-refractivity contribution in [3.8, 4) is 0 Å². The van der Waals surface area contributed by atoms with Crippen molar-refractivity contribution in [3.05, 3.63) is 35.3 Å². The third-order valence-electron chi connectivity index (χ3n) is 3.39. The van der Waals surface area contributed by atoms with Gasteiger partial charge in [-0.25, -0.2) is 0 Å². The Hall–Kier alpha value is -1.75. The van der Waals surface area contributed by atoms with Crippen molar-refractivity contribution in [2.24, 2.45) is 0 Å². The Kier molecular flexibility index (Phi) is 5.24. The molecular weight excluding hydrogens is 256 g/mol. The number of allylic oxidation sites excluding steroid dienone is 2. The summed E-state index contributed by atoms with van der Waals surface area (Å²) >= 11 is 0. The third kappa shape index (κ3) is 4.13. The monoisotopic (exact) mass is 278 g/mol. The maximum Gasteiger partial charge on any atom is 0.216 e. The van der Waals surface area contributed by atoms with E-state index >= 15 is 0 Å². The zero-order chi connectivity index (χ0) is 14.4. The first kappa shape index (κ1) is 14.7. The van der Waals surface area contributed by atoms with Gasteiger partial charge in [0.25, 0.3) is 0 Å². The first-order valence-corrected chi connectivity index (χ1v) is 7.07. The van der Waals surface area contributed by atoms with Gasteiger partial charge < -0.3 is 20.5 Å². The summed E-state index contributed by atoms with van der Waals surface area (Å²) in [6, 6.07) is 0.207. The van der Waals surface area contributed by atoms with Crippen molar-refractivity contribution < 1.29 is 14.6 Å². The van der Waals surface area contributed by atoms with Gasteiger partial charge in [-0.05, 0) is 25.1 Å². The first-order valence-electron chi connectivity index (χ1n) is 7.07. The molecule has 1 amide bonds. The zero-order valence-corrected chi connectivity index (χ0v) is 11.8. The number of carbonyl (C=O) groups is 1. The molecule has 1 aliphatic heterocycles. The zero-order valence-electron chi connectivity index (χ0n) is 11.8. The standard InChI is InChI=1S/C15H22N2O3/c1-11(18)16-7-3-8-17-14-6-9-20-15-5-2-4-12(19)10-13(14)15/h2,4,10,14,17,19H,3,5-9H2,1H3,(H,16,18). The summed E-state index contributed by atoms with van der Waals surface area (Å²) < 4.78 is 5.68. The van der Waals surface area contributed by atoms with Gasteiger partial charge in [-0.2, -0.15) is 0 Å². The normalized spacial score (nSPS) is 21.6. The Bertz CT molecular complexity index is 452. The van der Waals surface area contributed by atoms with Crippen LogP contribution in [0.25, 0.3) is 0 Å². The van der Waals surface area contributed by atoms with E-state index in [9.17, 15) is 9.90 Å². The molecule has 1 atom stereocenters. The summed E-state index contributed by atoms with van der Waals surface area (Å²) in [6.45, 7) is 3.73. The molecule has 1 unspecified atom stereocenters. The van der Waals surface area contributed by atoms with Gasteiger partial charge in [0, 0.05) is 37.9 Å². The van der Waals surface area contributed by atoms with Crippen LogP contribution < -0.4 is 10.6 Å². The van der Waals surface area contributed by atoms with E-state index in [1.807, 2.05) is 6.08 Å². The lowest BCUT2D eigenvalue weighted by Crippen LogP contribution is -2.37. The van der Waals surface area contributed by atoms with Crippen LogP contribution in [0.2, 0.25) is 0 Å². The van der Waals surface area contributed by atoms with Gasteiger partial charge in [-0.15, -0.1) is 0 Å². The van der Waals surface area contributed by atoms with Crippen LogP contribution in [0.3, 0.4) is 0 Å². The predicted octanol–water partition coefficient (Wildman–Crippen LogP) is 1.55. The van der Waals surface area contributed by atoms with Gasteiger partial charge in [-0.1, -0.05) is 6.08 Å². The van der Waals surface area contributed by atoms with Crippen LogP contribution in [0.1, 0.15) is 26.2 Å². The molecule has 0 fully saturated rings. The van der Waals surface area contributed by atoms with Crippen molar-refractivity contribution in [1.82, 2.24) is 10.6 Å².